The van der Waals surface area contributed by atoms with Gasteiger partial charge in [0.25, 0.3) is 11.8 Å². The first-order valence-electron chi connectivity index (χ1n) is 8.13. The predicted octanol–water partition coefficient (Wildman–Crippen LogP) is 1.39. The molecule has 1 atom stereocenters. The van der Waals surface area contributed by atoms with Crippen LogP contribution in [0.3, 0.4) is 0 Å². The highest BCUT2D eigenvalue weighted by molar-refractivity contribution is 5.97. The Balaban J connectivity index is 1.43. The zero-order chi connectivity index (χ0) is 18.8. The van der Waals surface area contributed by atoms with Gasteiger partial charge in [-0.1, -0.05) is 30.3 Å². The zero-order valence-corrected chi connectivity index (χ0v) is 13.9. The fraction of sp³-hybridized carbons (Fsp3) is 0.105. The number of hydrogen-bond acceptors (Lipinski definition) is 6. The van der Waals surface area contributed by atoms with Crippen LogP contribution in [0, 0.1) is 0 Å². The molecule has 0 saturated carbocycles. The van der Waals surface area contributed by atoms with Crippen molar-refractivity contribution in [3.63, 3.8) is 0 Å². The van der Waals surface area contributed by atoms with E-state index in [1.165, 1.54) is 6.07 Å². The van der Waals surface area contributed by atoms with Crippen LogP contribution in [-0.2, 0) is 4.79 Å². The Morgan fingerprint density at radius 2 is 1.70 bits per heavy atom. The average Bonchev–Trinajstić information content (AvgIpc) is 2.70. The maximum absolute atomic E-state index is 12.2. The van der Waals surface area contributed by atoms with Gasteiger partial charge in [0.05, 0.1) is 0 Å². The van der Waals surface area contributed by atoms with E-state index >= 15 is 0 Å². The van der Waals surface area contributed by atoms with E-state index in [0.29, 0.717) is 22.5 Å². The van der Waals surface area contributed by atoms with Gasteiger partial charge in [-0.2, -0.15) is 0 Å². The first-order valence-corrected chi connectivity index (χ1v) is 8.13. The average molecular weight is 366 g/mol. The molecule has 3 aromatic rings. The molecule has 4 rings (SSSR count). The third-order valence-corrected chi connectivity index (χ3v) is 3.99. The van der Waals surface area contributed by atoms with Crippen LogP contribution in [0.25, 0.3) is 11.0 Å². The summed E-state index contributed by atoms with van der Waals surface area (Å²) < 4.78 is 16.1. The van der Waals surface area contributed by atoms with E-state index in [-0.39, 0.29) is 12.2 Å². The van der Waals surface area contributed by atoms with Gasteiger partial charge >= 0.3 is 5.63 Å². The summed E-state index contributed by atoms with van der Waals surface area (Å²) in [5, 5.41) is 0.592. The van der Waals surface area contributed by atoms with Crippen LogP contribution in [0.15, 0.2) is 63.8 Å². The highest BCUT2D eigenvalue weighted by Gasteiger charge is 2.27. The fourth-order valence-corrected chi connectivity index (χ4v) is 2.64. The molecule has 2 amide bonds. The van der Waals surface area contributed by atoms with Crippen LogP contribution >= 0.6 is 0 Å². The molecular formula is C19H14N2O6. The van der Waals surface area contributed by atoms with Crippen LogP contribution < -0.4 is 26.0 Å². The van der Waals surface area contributed by atoms with Crippen LogP contribution in [-0.4, -0.2) is 24.5 Å². The zero-order valence-electron chi connectivity index (χ0n) is 13.9. The first-order chi connectivity index (χ1) is 13.1. The van der Waals surface area contributed by atoms with Crippen molar-refractivity contribution in [2.75, 3.05) is 6.61 Å². The van der Waals surface area contributed by atoms with E-state index in [4.69, 9.17) is 13.9 Å². The lowest BCUT2D eigenvalue weighted by Crippen LogP contribution is -2.51. The summed E-state index contributed by atoms with van der Waals surface area (Å²) in [5.41, 5.74) is 3.77. The van der Waals surface area contributed by atoms with E-state index in [2.05, 4.69) is 10.9 Å². The van der Waals surface area contributed by atoms with E-state index in [0.717, 1.165) is 0 Å². The number of carbonyl (C=O) groups is 2. The molecule has 2 N–H and O–H groups in total. The van der Waals surface area contributed by atoms with Crippen molar-refractivity contribution in [1.82, 2.24) is 10.9 Å². The third-order valence-electron chi connectivity index (χ3n) is 3.99. The Bertz CT molecular complexity index is 1090. The van der Waals surface area contributed by atoms with E-state index in [1.807, 2.05) is 0 Å². The quantitative estimate of drug-likeness (QED) is 0.524. The molecular weight excluding hydrogens is 352 g/mol. The summed E-state index contributed by atoms with van der Waals surface area (Å²) >= 11 is 0. The maximum Gasteiger partial charge on any atom is 0.349 e. The number of fused-ring (bicyclic) bond motifs is 2. The molecule has 8 heteroatoms. The largest absolute Gasteiger partial charge is 0.485 e. The Hall–Kier alpha value is -3.81. The second-order valence-electron chi connectivity index (χ2n) is 5.79. The van der Waals surface area contributed by atoms with Gasteiger partial charge in [0.1, 0.15) is 17.8 Å². The van der Waals surface area contributed by atoms with Crippen molar-refractivity contribution in [2.45, 2.75) is 6.10 Å². The highest BCUT2D eigenvalue weighted by Crippen LogP contribution is 2.30. The van der Waals surface area contributed by atoms with Gasteiger partial charge in [-0.25, -0.2) is 4.79 Å². The number of carbonyl (C=O) groups excluding carboxylic acids is 2. The Morgan fingerprint density at radius 3 is 2.56 bits per heavy atom. The third kappa shape index (κ3) is 3.32. The fourth-order valence-electron chi connectivity index (χ4n) is 2.64. The van der Waals surface area contributed by atoms with E-state index in [1.54, 1.807) is 48.5 Å². The number of amides is 2. The topological polar surface area (TPSA) is 107 Å². The molecule has 0 aliphatic carbocycles. The van der Waals surface area contributed by atoms with Gasteiger partial charge in [-0.15, -0.1) is 0 Å². The monoisotopic (exact) mass is 366 g/mol. The standard InChI is InChI=1S/C19H14N2O6/c22-17(12-9-11-5-1-2-6-13(11)27-19(12)24)20-21-18(23)16-10-25-14-7-3-4-8-15(14)26-16/h1-9,16H,10H2,(H,20,22)(H,21,23)/t16-/m1/s1. The Morgan fingerprint density at radius 1 is 0.963 bits per heavy atom. The predicted molar refractivity (Wildman–Crippen MR) is 94.4 cm³/mol. The molecule has 8 nitrogen and oxygen atoms in total. The molecule has 1 aliphatic heterocycles. The van der Waals surface area contributed by atoms with Crippen molar-refractivity contribution >= 4 is 22.8 Å². The number of hydrogen-bond donors (Lipinski definition) is 2. The van der Waals surface area contributed by atoms with Crippen molar-refractivity contribution in [2.24, 2.45) is 0 Å². The molecule has 27 heavy (non-hydrogen) atoms. The SMILES string of the molecule is O=C(NNC(=O)[C@H]1COc2ccccc2O1)c1cc2ccccc2oc1=O. The van der Waals surface area contributed by atoms with Gasteiger partial charge < -0.3 is 13.9 Å². The minimum Gasteiger partial charge on any atom is -0.485 e. The lowest BCUT2D eigenvalue weighted by atomic mass is 10.2. The molecule has 1 aromatic heterocycles. The Kier molecular flexibility index (Phi) is 4.21. The number of ether oxygens (including phenoxy) is 2. The van der Waals surface area contributed by atoms with Gasteiger partial charge in [0, 0.05) is 5.39 Å². The highest BCUT2D eigenvalue weighted by atomic mass is 16.6. The number of hydrazine groups is 1. The Labute approximate surface area is 152 Å². The number of para-hydroxylation sites is 3. The number of benzene rings is 2. The number of rotatable bonds is 2. The van der Waals surface area contributed by atoms with Crippen molar-refractivity contribution < 1.29 is 23.5 Å². The molecule has 0 fully saturated rings. The first kappa shape index (κ1) is 16.6. The lowest BCUT2D eigenvalue weighted by Gasteiger charge is -2.25. The molecule has 136 valence electrons. The second kappa shape index (κ2) is 6.83. The van der Waals surface area contributed by atoms with Gasteiger partial charge in [-0.05, 0) is 24.3 Å². The van der Waals surface area contributed by atoms with E-state index < -0.39 is 23.5 Å². The van der Waals surface area contributed by atoms with Gasteiger partial charge in [0.2, 0.25) is 6.10 Å². The minimum atomic E-state index is -0.937. The molecule has 2 aromatic carbocycles. The van der Waals surface area contributed by atoms with Crippen LogP contribution in [0.4, 0.5) is 0 Å². The summed E-state index contributed by atoms with van der Waals surface area (Å²) in [6.45, 7) is -0.00314. The van der Waals surface area contributed by atoms with E-state index in [9.17, 15) is 14.4 Å². The molecule has 0 spiro atoms. The molecule has 2 heterocycles. The summed E-state index contributed by atoms with van der Waals surface area (Å²) in [6.07, 6.45) is -0.937. The molecule has 0 bridgehead atoms. The summed E-state index contributed by atoms with van der Waals surface area (Å²) in [6, 6.07) is 15.1. The summed E-state index contributed by atoms with van der Waals surface area (Å²) in [7, 11) is 0. The van der Waals surface area contributed by atoms with Crippen molar-refractivity contribution in [1.29, 1.82) is 0 Å². The van der Waals surface area contributed by atoms with Crippen molar-refractivity contribution in [3.8, 4) is 11.5 Å². The van der Waals surface area contributed by atoms with Gasteiger partial charge in [0.15, 0.2) is 11.5 Å². The molecule has 0 radical (unpaired) electrons. The molecule has 1 aliphatic rings. The number of nitrogens with one attached hydrogen (secondary N) is 2. The normalized spacial score (nSPS) is 15.2. The molecule has 0 unspecified atom stereocenters. The lowest BCUT2D eigenvalue weighted by molar-refractivity contribution is -0.131. The van der Waals surface area contributed by atoms with Crippen LogP contribution in [0.5, 0.6) is 11.5 Å². The van der Waals surface area contributed by atoms with Crippen LogP contribution in [0.1, 0.15) is 10.4 Å². The van der Waals surface area contributed by atoms with Gasteiger partial charge in [-0.3, -0.25) is 20.4 Å². The second-order valence-corrected chi connectivity index (χ2v) is 5.79. The minimum absolute atomic E-state index is 0.00314. The van der Waals surface area contributed by atoms with Crippen molar-refractivity contribution in [3.05, 3.63) is 70.6 Å². The smallest absolute Gasteiger partial charge is 0.349 e. The maximum atomic E-state index is 12.2. The van der Waals surface area contributed by atoms with Crippen LogP contribution in [0.2, 0.25) is 0 Å². The molecule has 0 saturated heterocycles. The summed E-state index contributed by atoms with van der Waals surface area (Å²) in [4.78, 5) is 36.4. The summed E-state index contributed by atoms with van der Waals surface area (Å²) in [5.74, 6) is -0.423.